The van der Waals surface area contributed by atoms with Gasteiger partial charge in [0.05, 0.1) is 6.04 Å². The van der Waals surface area contributed by atoms with E-state index in [2.05, 4.69) is 59.4 Å². The minimum absolute atomic E-state index is 0.226. The Balaban J connectivity index is 2.13. The maximum absolute atomic E-state index is 5.65. The van der Waals surface area contributed by atoms with E-state index in [0.717, 1.165) is 23.4 Å². The van der Waals surface area contributed by atoms with E-state index >= 15 is 0 Å². The van der Waals surface area contributed by atoms with Crippen LogP contribution in [0.25, 0.3) is 0 Å². The van der Waals surface area contributed by atoms with Gasteiger partial charge in [0.15, 0.2) is 4.67 Å². The molecule has 0 amide bonds. The molecular weight excluding hydrogens is 290 g/mol. The van der Waals surface area contributed by atoms with Gasteiger partial charge in [0.1, 0.15) is 5.76 Å². The van der Waals surface area contributed by atoms with Gasteiger partial charge in [0.25, 0.3) is 0 Å². The van der Waals surface area contributed by atoms with E-state index in [9.17, 15) is 0 Å². The number of hydrogen-bond acceptors (Lipinski definition) is 2. The average Bonchev–Trinajstić information content (AvgIpc) is 2.78. The Morgan fingerprint density at radius 3 is 2.44 bits per heavy atom. The first-order valence-electron chi connectivity index (χ1n) is 6.23. The van der Waals surface area contributed by atoms with Gasteiger partial charge in [-0.3, -0.25) is 0 Å². The number of aryl methyl sites for hydroxylation is 1. The predicted octanol–water partition coefficient (Wildman–Crippen LogP) is 4.24. The van der Waals surface area contributed by atoms with Crippen molar-refractivity contribution in [2.75, 3.05) is 6.54 Å². The van der Waals surface area contributed by atoms with E-state index < -0.39 is 0 Å². The number of benzene rings is 1. The third-order valence-electron chi connectivity index (χ3n) is 2.95. The molecule has 3 heteroatoms. The molecule has 96 valence electrons. The van der Waals surface area contributed by atoms with Gasteiger partial charge >= 0.3 is 0 Å². The van der Waals surface area contributed by atoms with Gasteiger partial charge in [-0.15, -0.1) is 0 Å². The van der Waals surface area contributed by atoms with Gasteiger partial charge in [-0.1, -0.05) is 36.8 Å². The third-order valence-corrected chi connectivity index (χ3v) is 3.37. The first-order valence-corrected chi connectivity index (χ1v) is 7.02. The topological polar surface area (TPSA) is 25.2 Å². The molecular formula is C15H18BrNO. The van der Waals surface area contributed by atoms with Gasteiger partial charge in [0, 0.05) is 0 Å². The SMILES string of the molecule is CCNC(Cc1ccc(C)cc1)c1ccc(Br)o1. The summed E-state index contributed by atoms with van der Waals surface area (Å²) in [5.74, 6) is 0.976. The van der Waals surface area contributed by atoms with Crippen LogP contribution >= 0.6 is 15.9 Å². The number of halogens is 1. The van der Waals surface area contributed by atoms with Gasteiger partial charge in [-0.05, 0) is 53.5 Å². The molecule has 0 aliphatic rings. The third kappa shape index (κ3) is 3.47. The van der Waals surface area contributed by atoms with Crippen LogP contribution in [-0.4, -0.2) is 6.54 Å². The quantitative estimate of drug-likeness (QED) is 0.893. The lowest BCUT2D eigenvalue weighted by Crippen LogP contribution is -2.22. The smallest absolute Gasteiger partial charge is 0.169 e. The zero-order valence-electron chi connectivity index (χ0n) is 10.7. The molecule has 0 radical (unpaired) electrons. The molecule has 1 aromatic heterocycles. The summed E-state index contributed by atoms with van der Waals surface area (Å²) < 4.78 is 6.43. The minimum Gasteiger partial charge on any atom is -0.453 e. The normalized spacial score (nSPS) is 12.6. The Labute approximate surface area is 117 Å². The number of nitrogens with one attached hydrogen (secondary N) is 1. The van der Waals surface area contributed by atoms with Crippen molar-refractivity contribution in [1.82, 2.24) is 5.32 Å². The molecule has 2 aromatic rings. The van der Waals surface area contributed by atoms with Crippen LogP contribution in [0.5, 0.6) is 0 Å². The highest BCUT2D eigenvalue weighted by atomic mass is 79.9. The van der Waals surface area contributed by atoms with Crippen molar-refractivity contribution < 1.29 is 4.42 Å². The van der Waals surface area contributed by atoms with Gasteiger partial charge in [-0.2, -0.15) is 0 Å². The van der Waals surface area contributed by atoms with E-state index in [1.54, 1.807) is 0 Å². The van der Waals surface area contributed by atoms with Crippen LogP contribution in [0.2, 0.25) is 0 Å². The Morgan fingerprint density at radius 2 is 1.89 bits per heavy atom. The van der Waals surface area contributed by atoms with Crippen LogP contribution in [-0.2, 0) is 6.42 Å². The van der Waals surface area contributed by atoms with E-state index in [0.29, 0.717) is 0 Å². The van der Waals surface area contributed by atoms with Crippen molar-refractivity contribution in [3.63, 3.8) is 0 Å². The Hall–Kier alpha value is -1.06. The molecule has 18 heavy (non-hydrogen) atoms. The zero-order valence-corrected chi connectivity index (χ0v) is 12.3. The second-order valence-corrected chi connectivity index (χ2v) is 5.22. The molecule has 2 nitrogen and oxygen atoms in total. The van der Waals surface area contributed by atoms with Crippen molar-refractivity contribution in [3.8, 4) is 0 Å². The van der Waals surface area contributed by atoms with Crippen LogP contribution in [0.15, 0.2) is 45.5 Å². The highest BCUT2D eigenvalue weighted by molar-refractivity contribution is 9.10. The van der Waals surface area contributed by atoms with Crippen molar-refractivity contribution in [1.29, 1.82) is 0 Å². The fraction of sp³-hybridized carbons (Fsp3) is 0.333. The van der Waals surface area contributed by atoms with E-state index in [1.807, 2.05) is 12.1 Å². The molecule has 0 spiro atoms. The maximum Gasteiger partial charge on any atom is 0.169 e. The van der Waals surface area contributed by atoms with E-state index in [1.165, 1.54) is 11.1 Å². The van der Waals surface area contributed by atoms with Crippen LogP contribution < -0.4 is 5.32 Å². The van der Waals surface area contributed by atoms with Gasteiger partial charge in [-0.25, -0.2) is 0 Å². The summed E-state index contributed by atoms with van der Waals surface area (Å²) in [6.45, 7) is 5.14. The molecule has 0 saturated heterocycles. The summed E-state index contributed by atoms with van der Waals surface area (Å²) in [6, 6.07) is 12.8. The summed E-state index contributed by atoms with van der Waals surface area (Å²) in [5.41, 5.74) is 2.61. The number of furan rings is 1. The monoisotopic (exact) mass is 307 g/mol. The molecule has 0 aliphatic carbocycles. The predicted molar refractivity (Wildman–Crippen MR) is 77.7 cm³/mol. The zero-order chi connectivity index (χ0) is 13.0. The lowest BCUT2D eigenvalue weighted by atomic mass is 10.0. The summed E-state index contributed by atoms with van der Waals surface area (Å²) in [7, 11) is 0. The molecule has 1 atom stereocenters. The second kappa shape index (κ2) is 6.21. The van der Waals surface area contributed by atoms with Crippen LogP contribution in [0.1, 0.15) is 29.9 Å². The molecule has 0 aliphatic heterocycles. The Bertz CT molecular complexity index is 489. The average molecular weight is 308 g/mol. The number of hydrogen-bond donors (Lipinski definition) is 1. The van der Waals surface area contributed by atoms with Crippen molar-refractivity contribution in [2.45, 2.75) is 26.3 Å². The summed E-state index contributed by atoms with van der Waals surface area (Å²) in [4.78, 5) is 0. The van der Waals surface area contributed by atoms with Crippen LogP contribution in [0.4, 0.5) is 0 Å². The highest BCUT2D eigenvalue weighted by Gasteiger charge is 2.14. The van der Waals surface area contributed by atoms with E-state index in [-0.39, 0.29) is 6.04 Å². The molecule has 1 aromatic carbocycles. The molecule has 0 bridgehead atoms. The Kier molecular flexibility index (Phi) is 4.61. The van der Waals surface area contributed by atoms with Gasteiger partial charge in [0.2, 0.25) is 0 Å². The molecule has 1 heterocycles. The fourth-order valence-electron chi connectivity index (χ4n) is 2.00. The van der Waals surface area contributed by atoms with Crippen molar-refractivity contribution >= 4 is 15.9 Å². The fourth-order valence-corrected chi connectivity index (χ4v) is 2.31. The molecule has 1 N–H and O–H groups in total. The summed E-state index contributed by atoms with van der Waals surface area (Å²) >= 11 is 3.35. The molecule has 0 saturated carbocycles. The van der Waals surface area contributed by atoms with Crippen LogP contribution in [0.3, 0.4) is 0 Å². The molecule has 1 unspecified atom stereocenters. The number of likely N-dealkylation sites (N-methyl/N-ethyl adjacent to an activating group) is 1. The standard InChI is InChI=1S/C15H18BrNO/c1-3-17-13(14-8-9-15(16)18-14)10-12-6-4-11(2)5-7-12/h4-9,13,17H,3,10H2,1-2H3. The molecule has 2 rings (SSSR count). The first kappa shape index (κ1) is 13.4. The second-order valence-electron chi connectivity index (χ2n) is 4.44. The highest BCUT2D eigenvalue weighted by Crippen LogP contribution is 2.23. The Morgan fingerprint density at radius 1 is 1.17 bits per heavy atom. The summed E-state index contributed by atoms with van der Waals surface area (Å²) in [5, 5.41) is 3.46. The summed E-state index contributed by atoms with van der Waals surface area (Å²) in [6.07, 6.45) is 0.939. The lowest BCUT2D eigenvalue weighted by Gasteiger charge is -2.15. The molecule has 0 fully saturated rings. The minimum atomic E-state index is 0.226. The maximum atomic E-state index is 5.65. The van der Waals surface area contributed by atoms with Crippen LogP contribution in [0, 0.1) is 6.92 Å². The van der Waals surface area contributed by atoms with E-state index in [4.69, 9.17) is 4.42 Å². The number of rotatable bonds is 5. The lowest BCUT2D eigenvalue weighted by molar-refractivity contribution is 0.405. The van der Waals surface area contributed by atoms with Crippen molar-refractivity contribution in [2.24, 2.45) is 0 Å². The van der Waals surface area contributed by atoms with Gasteiger partial charge < -0.3 is 9.73 Å². The largest absolute Gasteiger partial charge is 0.453 e. The first-order chi connectivity index (χ1) is 8.69. The van der Waals surface area contributed by atoms with Crippen molar-refractivity contribution in [3.05, 3.63) is 58.0 Å².